The van der Waals surface area contributed by atoms with Gasteiger partial charge in [-0.3, -0.25) is 0 Å². The zero-order chi connectivity index (χ0) is 21.9. The molecule has 2 heteroatoms. The maximum Gasteiger partial charge on any atom is 0.0712 e. The second kappa shape index (κ2) is 9.22. The van der Waals surface area contributed by atoms with E-state index in [9.17, 15) is 0 Å². The monoisotopic (exact) mass is 536 g/mol. The second-order valence-electron chi connectivity index (χ2n) is 7.68. The van der Waals surface area contributed by atoms with E-state index in [-0.39, 0.29) is 11.8 Å². The number of rotatable bonds is 0. The Hall–Kier alpha value is -3.04. The summed E-state index contributed by atoms with van der Waals surface area (Å²) in [6.45, 7) is 0. The minimum atomic E-state index is 0.0248. The predicted molar refractivity (Wildman–Crippen MR) is 139 cm³/mol. The Labute approximate surface area is 206 Å². The van der Waals surface area contributed by atoms with E-state index in [2.05, 4.69) is 104 Å². The smallest absolute Gasteiger partial charge is 0.0712 e. The molecule has 0 unspecified atom stereocenters. The van der Waals surface area contributed by atoms with Crippen LogP contribution in [0.2, 0.25) is 0 Å². The zero-order valence-corrected chi connectivity index (χ0v) is 20.3. The van der Waals surface area contributed by atoms with Gasteiger partial charge in [0.2, 0.25) is 0 Å². The van der Waals surface area contributed by atoms with Crippen molar-refractivity contribution in [1.29, 1.82) is 0 Å². The SMILES string of the molecule is Brc1ccc(C#CC2c3ccccc3C(C#Cc3ccc(Br)cc3)c3ccccc32)cc1. The van der Waals surface area contributed by atoms with Crippen molar-refractivity contribution in [3.05, 3.63) is 139 Å². The van der Waals surface area contributed by atoms with Gasteiger partial charge in [0.05, 0.1) is 11.8 Å². The lowest BCUT2D eigenvalue weighted by Crippen LogP contribution is -2.16. The average molecular weight is 538 g/mol. The third-order valence-electron chi connectivity index (χ3n) is 5.65. The Kier molecular flexibility index (Phi) is 6.00. The summed E-state index contributed by atoms with van der Waals surface area (Å²) in [4.78, 5) is 0. The first-order valence-corrected chi connectivity index (χ1v) is 12.0. The van der Waals surface area contributed by atoms with E-state index in [1.165, 1.54) is 22.3 Å². The lowest BCUT2D eigenvalue weighted by molar-refractivity contribution is 0.887. The van der Waals surface area contributed by atoms with Crippen LogP contribution in [0.4, 0.5) is 0 Å². The van der Waals surface area contributed by atoms with Gasteiger partial charge >= 0.3 is 0 Å². The van der Waals surface area contributed by atoms with Crippen LogP contribution in [0.1, 0.15) is 45.2 Å². The van der Waals surface area contributed by atoms with Gasteiger partial charge in [-0.25, -0.2) is 0 Å². The molecule has 152 valence electrons. The van der Waals surface area contributed by atoms with E-state index in [0.29, 0.717) is 0 Å². The van der Waals surface area contributed by atoms with Gasteiger partial charge in [0.25, 0.3) is 0 Å². The highest BCUT2D eigenvalue weighted by Gasteiger charge is 2.30. The summed E-state index contributed by atoms with van der Waals surface area (Å²) in [6.07, 6.45) is 0. The molecule has 5 rings (SSSR count). The van der Waals surface area contributed by atoms with Gasteiger partial charge in [0.15, 0.2) is 0 Å². The van der Waals surface area contributed by atoms with Crippen LogP contribution < -0.4 is 0 Å². The molecule has 0 bridgehead atoms. The Balaban J connectivity index is 1.60. The third kappa shape index (κ3) is 4.31. The summed E-state index contributed by atoms with van der Waals surface area (Å²) in [5.41, 5.74) is 6.99. The van der Waals surface area contributed by atoms with E-state index in [1.807, 2.05) is 48.5 Å². The fourth-order valence-electron chi connectivity index (χ4n) is 4.10. The number of fused-ring (bicyclic) bond motifs is 2. The molecule has 0 nitrogen and oxygen atoms in total. The molecule has 1 aliphatic carbocycles. The van der Waals surface area contributed by atoms with Crippen molar-refractivity contribution in [2.24, 2.45) is 0 Å². The number of hydrogen-bond donors (Lipinski definition) is 0. The normalized spacial score (nSPS) is 15.9. The molecule has 4 aromatic carbocycles. The van der Waals surface area contributed by atoms with Crippen molar-refractivity contribution in [2.45, 2.75) is 11.8 Å². The summed E-state index contributed by atoms with van der Waals surface area (Å²) in [5.74, 6) is 13.9. The van der Waals surface area contributed by atoms with E-state index in [0.717, 1.165) is 20.1 Å². The zero-order valence-electron chi connectivity index (χ0n) is 17.1. The first kappa shape index (κ1) is 20.8. The predicted octanol–water partition coefficient (Wildman–Crippen LogP) is 7.89. The highest BCUT2D eigenvalue weighted by atomic mass is 79.9. The molecule has 0 amide bonds. The number of hydrogen-bond acceptors (Lipinski definition) is 0. The van der Waals surface area contributed by atoms with Gasteiger partial charge in [-0.15, -0.1) is 0 Å². The van der Waals surface area contributed by atoms with Crippen LogP contribution in [-0.2, 0) is 0 Å². The molecule has 0 aliphatic heterocycles. The molecule has 0 heterocycles. The van der Waals surface area contributed by atoms with Crippen molar-refractivity contribution >= 4 is 31.9 Å². The highest BCUT2D eigenvalue weighted by Crippen LogP contribution is 2.42. The summed E-state index contributed by atoms with van der Waals surface area (Å²) < 4.78 is 2.12. The molecule has 0 saturated carbocycles. The minimum Gasteiger partial charge on any atom is -0.0848 e. The second-order valence-corrected chi connectivity index (χ2v) is 9.51. The number of halogens is 2. The van der Waals surface area contributed by atoms with Crippen molar-refractivity contribution < 1.29 is 0 Å². The van der Waals surface area contributed by atoms with Crippen LogP contribution in [0, 0.1) is 23.7 Å². The van der Waals surface area contributed by atoms with Gasteiger partial charge in [0.1, 0.15) is 0 Å². The van der Waals surface area contributed by atoms with Crippen molar-refractivity contribution in [3.8, 4) is 23.7 Å². The Morgan fingerprint density at radius 3 is 1.06 bits per heavy atom. The first-order chi connectivity index (χ1) is 15.7. The molecule has 0 N–H and O–H groups in total. The van der Waals surface area contributed by atoms with E-state index < -0.39 is 0 Å². The van der Waals surface area contributed by atoms with Gasteiger partial charge < -0.3 is 0 Å². The van der Waals surface area contributed by atoms with Crippen LogP contribution in [-0.4, -0.2) is 0 Å². The third-order valence-corrected chi connectivity index (χ3v) is 6.70. The molecule has 0 radical (unpaired) electrons. The fraction of sp³-hybridized carbons (Fsp3) is 0.0667. The van der Waals surface area contributed by atoms with Gasteiger partial charge in [-0.1, -0.05) is 104 Å². The van der Waals surface area contributed by atoms with Crippen LogP contribution in [0.15, 0.2) is 106 Å². The summed E-state index contributed by atoms with van der Waals surface area (Å²) in [5, 5.41) is 0. The molecule has 32 heavy (non-hydrogen) atoms. The molecule has 0 atom stereocenters. The molecular formula is C30H18Br2. The fourth-order valence-corrected chi connectivity index (χ4v) is 4.63. The van der Waals surface area contributed by atoms with Crippen molar-refractivity contribution in [1.82, 2.24) is 0 Å². The van der Waals surface area contributed by atoms with Gasteiger partial charge in [-0.2, -0.15) is 0 Å². The maximum atomic E-state index is 3.55. The summed E-state index contributed by atoms with van der Waals surface area (Å²) in [6, 6.07) is 33.5. The molecule has 0 saturated heterocycles. The first-order valence-electron chi connectivity index (χ1n) is 10.4. The average Bonchev–Trinajstić information content (AvgIpc) is 2.83. The van der Waals surface area contributed by atoms with E-state index in [4.69, 9.17) is 0 Å². The molecule has 0 spiro atoms. The van der Waals surface area contributed by atoms with E-state index in [1.54, 1.807) is 0 Å². The molecule has 0 aromatic heterocycles. The Morgan fingerprint density at radius 2 is 0.750 bits per heavy atom. The van der Waals surface area contributed by atoms with Crippen molar-refractivity contribution in [2.75, 3.05) is 0 Å². The van der Waals surface area contributed by atoms with Gasteiger partial charge in [-0.05, 0) is 70.8 Å². The summed E-state index contributed by atoms with van der Waals surface area (Å²) >= 11 is 6.99. The van der Waals surface area contributed by atoms with Crippen LogP contribution in [0.3, 0.4) is 0 Å². The topological polar surface area (TPSA) is 0 Å². The van der Waals surface area contributed by atoms with Crippen LogP contribution in [0.25, 0.3) is 0 Å². The Bertz CT molecular complexity index is 1230. The van der Waals surface area contributed by atoms with Crippen molar-refractivity contribution in [3.63, 3.8) is 0 Å². The summed E-state index contributed by atoms with van der Waals surface area (Å²) in [7, 11) is 0. The lowest BCUT2D eigenvalue weighted by Gasteiger charge is -2.29. The van der Waals surface area contributed by atoms with Gasteiger partial charge in [0, 0.05) is 20.1 Å². The molecule has 1 aliphatic rings. The quantitative estimate of drug-likeness (QED) is 0.200. The molecule has 0 fully saturated rings. The standard InChI is InChI=1S/C30H18Br2/c31-23-15-9-21(10-16-23)13-19-29-25-5-1-2-6-26(25)30(28-8-4-3-7-27(28)29)20-14-22-11-17-24(32)18-12-22/h1-12,15-18,29-30H. The largest absolute Gasteiger partial charge is 0.0848 e. The van der Waals surface area contributed by atoms with E-state index >= 15 is 0 Å². The Morgan fingerprint density at radius 1 is 0.438 bits per heavy atom. The minimum absolute atomic E-state index is 0.0248. The van der Waals surface area contributed by atoms with Crippen LogP contribution in [0.5, 0.6) is 0 Å². The van der Waals surface area contributed by atoms with Crippen LogP contribution >= 0.6 is 31.9 Å². The highest BCUT2D eigenvalue weighted by molar-refractivity contribution is 9.10. The number of benzene rings is 4. The maximum absolute atomic E-state index is 3.55. The molecular weight excluding hydrogens is 520 g/mol. The molecule has 4 aromatic rings. The lowest BCUT2D eigenvalue weighted by atomic mass is 9.73.